The van der Waals surface area contributed by atoms with Crippen LogP contribution >= 0.6 is 0 Å². The first-order valence-electron chi connectivity index (χ1n) is 6.00. The third-order valence-corrected chi connectivity index (χ3v) is 2.97. The van der Waals surface area contributed by atoms with Gasteiger partial charge in [-0.1, -0.05) is 5.21 Å². The summed E-state index contributed by atoms with van der Waals surface area (Å²) in [5.41, 5.74) is 2.51. The molecule has 0 saturated heterocycles. The topological polar surface area (TPSA) is 59.8 Å². The van der Waals surface area contributed by atoms with Crippen molar-refractivity contribution in [3.8, 4) is 0 Å². The minimum Gasteiger partial charge on any atom is -0.322 e. The fraction of sp³-hybridized carbons (Fsp3) is 0.0714. The standard InChI is InChI=1S/C14H11FN4O/c1-19-13-7-2-9(8-12(13)17-18-19)14(20)16-11-5-3-10(15)4-6-11/h2-8H,1H3,(H,16,20). The van der Waals surface area contributed by atoms with Crippen LogP contribution in [0.15, 0.2) is 42.5 Å². The summed E-state index contributed by atoms with van der Waals surface area (Å²) in [4.78, 5) is 12.1. The zero-order valence-corrected chi connectivity index (χ0v) is 10.7. The average molecular weight is 270 g/mol. The largest absolute Gasteiger partial charge is 0.322 e. The highest BCUT2D eigenvalue weighted by molar-refractivity contribution is 6.05. The van der Waals surface area contributed by atoms with E-state index in [4.69, 9.17) is 0 Å². The molecular weight excluding hydrogens is 259 g/mol. The van der Waals surface area contributed by atoms with Gasteiger partial charge in [-0.05, 0) is 42.5 Å². The Hall–Kier alpha value is -2.76. The highest BCUT2D eigenvalue weighted by Gasteiger charge is 2.09. The van der Waals surface area contributed by atoms with Crippen LogP contribution in [0.5, 0.6) is 0 Å². The number of carbonyl (C=O) groups is 1. The zero-order chi connectivity index (χ0) is 14.1. The number of nitrogens with zero attached hydrogens (tertiary/aromatic N) is 3. The summed E-state index contributed by atoms with van der Waals surface area (Å²) in [6, 6.07) is 10.8. The van der Waals surface area contributed by atoms with Crippen molar-refractivity contribution in [1.29, 1.82) is 0 Å². The van der Waals surface area contributed by atoms with Gasteiger partial charge in [0.2, 0.25) is 0 Å². The maximum Gasteiger partial charge on any atom is 0.255 e. The number of fused-ring (bicyclic) bond motifs is 1. The maximum atomic E-state index is 12.8. The zero-order valence-electron chi connectivity index (χ0n) is 10.7. The summed E-state index contributed by atoms with van der Waals surface area (Å²) in [6.45, 7) is 0. The van der Waals surface area contributed by atoms with E-state index in [0.717, 1.165) is 5.52 Å². The lowest BCUT2D eigenvalue weighted by Crippen LogP contribution is -2.11. The molecule has 0 bridgehead atoms. The van der Waals surface area contributed by atoms with Crippen molar-refractivity contribution in [3.05, 3.63) is 53.8 Å². The second-order valence-electron chi connectivity index (χ2n) is 4.38. The summed E-state index contributed by atoms with van der Waals surface area (Å²) in [6.07, 6.45) is 0. The number of hydrogen-bond donors (Lipinski definition) is 1. The summed E-state index contributed by atoms with van der Waals surface area (Å²) >= 11 is 0. The number of benzene rings is 2. The van der Waals surface area contributed by atoms with Crippen LogP contribution in [0.1, 0.15) is 10.4 Å². The Balaban J connectivity index is 1.86. The molecule has 0 aliphatic carbocycles. The van der Waals surface area contributed by atoms with Gasteiger partial charge in [-0.3, -0.25) is 4.79 Å². The molecule has 1 aromatic heterocycles. The van der Waals surface area contributed by atoms with E-state index in [2.05, 4.69) is 15.6 Å². The molecule has 0 spiro atoms. The number of amides is 1. The Labute approximate surface area is 114 Å². The van der Waals surface area contributed by atoms with E-state index >= 15 is 0 Å². The smallest absolute Gasteiger partial charge is 0.255 e. The van der Waals surface area contributed by atoms with Crippen molar-refractivity contribution in [2.45, 2.75) is 0 Å². The highest BCUT2D eigenvalue weighted by Crippen LogP contribution is 2.15. The first kappa shape index (κ1) is 12.3. The molecule has 3 aromatic rings. The van der Waals surface area contributed by atoms with Gasteiger partial charge in [0.25, 0.3) is 5.91 Å². The van der Waals surface area contributed by atoms with Gasteiger partial charge in [0.05, 0.1) is 5.52 Å². The van der Waals surface area contributed by atoms with Gasteiger partial charge >= 0.3 is 0 Å². The number of rotatable bonds is 2. The molecular formula is C14H11FN4O. The van der Waals surface area contributed by atoms with Crippen LogP contribution in [0.2, 0.25) is 0 Å². The SMILES string of the molecule is Cn1nnc2cc(C(=O)Nc3ccc(F)cc3)ccc21. The van der Waals surface area contributed by atoms with Gasteiger partial charge in [0.1, 0.15) is 11.3 Å². The van der Waals surface area contributed by atoms with Crippen molar-refractivity contribution in [1.82, 2.24) is 15.0 Å². The monoisotopic (exact) mass is 270 g/mol. The third kappa shape index (κ3) is 2.23. The fourth-order valence-electron chi connectivity index (χ4n) is 1.92. The summed E-state index contributed by atoms with van der Waals surface area (Å²) in [5, 5.41) is 10.5. The average Bonchev–Trinajstić information content (AvgIpc) is 2.82. The van der Waals surface area contributed by atoms with E-state index in [1.807, 2.05) is 0 Å². The number of aromatic nitrogens is 3. The molecule has 1 N–H and O–H groups in total. The molecule has 0 unspecified atom stereocenters. The molecule has 5 nitrogen and oxygen atoms in total. The van der Waals surface area contributed by atoms with E-state index in [1.54, 1.807) is 29.9 Å². The molecule has 3 rings (SSSR count). The van der Waals surface area contributed by atoms with Crippen molar-refractivity contribution < 1.29 is 9.18 Å². The lowest BCUT2D eigenvalue weighted by molar-refractivity contribution is 0.102. The van der Waals surface area contributed by atoms with Gasteiger partial charge in [0, 0.05) is 18.3 Å². The molecule has 0 aliphatic rings. The fourth-order valence-corrected chi connectivity index (χ4v) is 1.92. The summed E-state index contributed by atoms with van der Waals surface area (Å²) in [7, 11) is 1.79. The predicted octanol–water partition coefficient (Wildman–Crippen LogP) is 2.36. The Morgan fingerprint density at radius 2 is 1.95 bits per heavy atom. The second kappa shape index (κ2) is 4.73. The summed E-state index contributed by atoms with van der Waals surface area (Å²) in [5.74, 6) is -0.617. The molecule has 100 valence electrons. The third-order valence-electron chi connectivity index (χ3n) is 2.97. The minimum atomic E-state index is -0.344. The number of hydrogen-bond acceptors (Lipinski definition) is 3. The lowest BCUT2D eigenvalue weighted by atomic mass is 10.2. The van der Waals surface area contributed by atoms with Gasteiger partial charge in [0.15, 0.2) is 0 Å². The van der Waals surface area contributed by atoms with Crippen LogP contribution in [0.25, 0.3) is 11.0 Å². The Morgan fingerprint density at radius 1 is 1.20 bits per heavy atom. The van der Waals surface area contributed by atoms with Crippen molar-refractivity contribution >= 4 is 22.6 Å². The molecule has 1 heterocycles. The molecule has 20 heavy (non-hydrogen) atoms. The molecule has 2 aromatic carbocycles. The van der Waals surface area contributed by atoms with Crippen LogP contribution in [0.4, 0.5) is 10.1 Å². The normalized spacial score (nSPS) is 10.7. The number of halogens is 1. The van der Waals surface area contributed by atoms with E-state index < -0.39 is 0 Å². The Kier molecular flexibility index (Phi) is 2.90. The molecule has 0 saturated carbocycles. The van der Waals surface area contributed by atoms with Crippen LogP contribution in [-0.2, 0) is 7.05 Å². The van der Waals surface area contributed by atoms with Gasteiger partial charge in [-0.15, -0.1) is 5.10 Å². The van der Waals surface area contributed by atoms with E-state index in [9.17, 15) is 9.18 Å². The number of nitrogens with one attached hydrogen (secondary N) is 1. The second-order valence-corrected chi connectivity index (χ2v) is 4.38. The van der Waals surface area contributed by atoms with Crippen LogP contribution < -0.4 is 5.32 Å². The number of carbonyl (C=O) groups excluding carboxylic acids is 1. The van der Waals surface area contributed by atoms with Gasteiger partial charge < -0.3 is 5.32 Å². The van der Waals surface area contributed by atoms with Crippen molar-refractivity contribution in [2.24, 2.45) is 7.05 Å². The summed E-state index contributed by atoms with van der Waals surface area (Å²) < 4.78 is 14.4. The number of anilines is 1. The molecule has 0 atom stereocenters. The molecule has 0 aliphatic heterocycles. The Bertz CT molecular complexity index is 779. The molecule has 0 fully saturated rings. The van der Waals surface area contributed by atoms with Gasteiger partial charge in [-0.25, -0.2) is 9.07 Å². The van der Waals surface area contributed by atoms with Crippen LogP contribution in [0.3, 0.4) is 0 Å². The predicted molar refractivity (Wildman–Crippen MR) is 72.9 cm³/mol. The quantitative estimate of drug-likeness (QED) is 0.777. The van der Waals surface area contributed by atoms with Crippen molar-refractivity contribution in [2.75, 3.05) is 5.32 Å². The molecule has 0 radical (unpaired) electrons. The first-order valence-corrected chi connectivity index (χ1v) is 6.00. The molecule has 6 heteroatoms. The van der Waals surface area contributed by atoms with Gasteiger partial charge in [-0.2, -0.15) is 0 Å². The van der Waals surface area contributed by atoms with Crippen LogP contribution in [-0.4, -0.2) is 20.9 Å². The lowest BCUT2D eigenvalue weighted by Gasteiger charge is -2.05. The highest BCUT2D eigenvalue weighted by atomic mass is 19.1. The number of aryl methyl sites for hydroxylation is 1. The minimum absolute atomic E-state index is 0.274. The first-order chi connectivity index (χ1) is 9.63. The maximum absolute atomic E-state index is 12.8. The van der Waals surface area contributed by atoms with Crippen LogP contribution in [0, 0.1) is 5.82 Å². The van der Waals surface area contributed by atoms with E-state index in [0.29, 0.717) is 16.8 Å². The van der Waals surface area contributed by atoms with E-state index in [-0.39, 0.29) is 11.7 Å². The van der Waals surface area contributed by atoms with E-state index in [1.165, 1.54) is 24.3 Å². The van der Waals surface area contributed by atoms with Crippen molar-refractivity contribution in [3.63, 3.8) is 0 Å². The Morgan fingerprint density at radius 3 is 2.70 bits per heavy atom. The molecule has 1 amide bonds.